The number of hydrogen-bond donors (Lipinski definition) is 1. The van der Waals surface area contributed by atoms with Crippen LogP contribution in [0.1, 0.15) is 61.5 Å². The number of benzene rings is 2. The number of amides is 1. The Morgan fingerprint density at radius 3 is 2.36 bits per heavy atom. The SMILES string of the molecule is CC(=O)C[C@]1(N2C=NCC2=O)CC[C@@](CO[C@H](C)c2cc(CF)cc(CF)c2)(c2ccccc2)NC1. The summed E-state index contributed by atoms with van der Waals surface area (Å²) in [5.41, 5.74) is 1.37. The van der Waals surface area contributed by atoms with Gasteiger partial charge in [-0.3, -0.25) is 19.5 Å². The van der Waals surface area contributed by atoms with Crippen LogP contribution < -0.4 is 5.32 Å². The maximum atomic E-state index is 13.3. The molecule has 2 aromatic carbocycles. The normalized spacial score (nSPS) is 24.8. The smallest absolute Gasteiger partial charge is 0.249 e. The van der Waals surface area contributed by atoms with E-state index in [4.69, 9.17) is 4.74 Å². The van der Waals surface area contributed by atoms with E-state index in [9.17, 15) is 18.4 Å². The van der Waals surface area contributed by atoms with E-state index in [0.29, 0.717) is 37.1 Å². The van der Waals surface area contributed by atoms with Gasteiger partial charge in [0.15, 0.2) is 0 Å². The zero-order valence-electron chi connectivity index (χ0n) is 20.8. The van der Waals surface area contributed by atoms with E-state index in [1.54, 1.807) is 30.3 Å². The molecule has 2 aromatic rings. The number of Topliss-reactive ketones (excluding diaryl/α,β-unsaturated/α-hetero) is 1. The van der Waals surface area contributed by atoms with E-state index >= 15 is 0 Å². The number of ketones is 1. The predicted molar refractivity (Wildman–Crippen MR) is 134 cm³/mol. The van der Waals surface area contributed by atoms with Gasteiger partial charge in [-0.05, 0) is 48.9 Å². The van der Waals surface area contributed by atoms with Crippen LogP contribution in [0.2, 0.25) is 0 Å². The van der Waals surface area contributed by atoms with Crippen LogP contribution in [0.3, 0.4) is 0 Å². The molecule has 2 heterocycles. The number of ether oxygens (including phenoxy) is 1. The molecule has 1 saturated heterocycles. The van der Waals surface area contributed by atoms with Gasteiger partial charge in [0.05, 0.1) is 30.1 Å². The molecule has 0 unspecified atom stereocenters. The summed E-state index contributed by atoms with van der Waals surface area (Å²) in [5, 5.41) is 3.64. The lowest BCUT2D eigenvalue weighted by molar-refractivity contribution is -0.132. The highest BCUT2D eigenvalue weighted by Gasteiger charge is 2.49. The van der Waals surface area contributed by atoms with Crippen LogP contribution in [0, 0.1) is 0 Å². The first-order valence-corrected chi connectivity index (χ1v) is 12.3. The summed E-state index contributed by atoms with van der Waals surface area (Å²) in [7, 11) is 0. The van der Waals surface area contributed by atoms with E-state index in [0.717, 1.165) is 11.1 Å². The number of piperidine rings is 1. The molecule has 36 heavy (non-hydrogen) atoms. The fourth-order valence-corrected chi connectivity index (χ4v) is 5.34. The van der Waals surface area contributed by atoms with E-state index in [-0.39, 0.29) is 30.8 Å². The highest BCUT2D eigenvalue weighted by Crippen LogP contribution is 2.40. The minimum absolute atomic E-state index is 0.0124. The zero-order chi connectivity index (χ0) is 25.8. The van der Waals surface area contributed by atoms with Gasteiger partial charge < -0.3 is 10.1 Å². The minimum Gasteiger partial charge on any atom is -0.372 e. The van der Waals surface area contributed by atoms with Crippen LogP contribution >= 0.6 is 0 Å². The topological polar surface area (TPSA) is 71.0 Å². The van der Waals surface area contributed by atoms with E-state index in [2.05, 4.69) is 10.3 Å². The Bertz CT molecular complexity index is 1090. The summed E-state index contributed by atoms with van der Waals surface area (Å²) in [6.07, 6.45) is 2.62. The highest BCUT2D eigenvalue weighted by molar-refractivity contribution is 5.95. The lowest BCUT2D eigenvalue weighted by Gasteiger charge is -2.50. The van der Waals surface area contributed by atoms with Crippen molar-refractivity contribution >= 4 is 18.0 Å². The number of nitrogens with one attached hydrogen (secondary N) is 1. The average molecular weight is 498 g/mol. The number of nitrogens with zero attached hydrogens (tertiary/aromatic N) is 2. The van der Waals surface area contributed by atoms with Crippen molar-refractivity contribution in [2.45, 2.75) is 63.6 Å². The molecule has 0 bridgehead atoms. The molecule has 8 heteroatoms. The molecule has 1 fully saturated rings. The molecule has 0 aliphatic carbocycles. The third-order valence-electron chi connectivity index (χ3n) is 7.31. The molecule has 0 saturated carbocycles. The molecule has 6 nitrogen and oxygen atoms in total. The molecule has 0 radical (unpaired) electrons. The van der Waals surface area contributed by atoms with Crippen molar-refractivity contribution in [3.05, 3.63) is 70.8 Å². The fourth-order valence-electron chi connectivity index (χ4n) is 5.34. The van der Waals surface area contributed by atoms with Crippen LogP contribution in [0.15, 0.2) is 53.5 Å². The molecular formula is C28H33F2N3O3. The number of carbonyl (C=O) groups excluding carboxylic acids is 2. The van der Waals surface area contributed by atoms with Crippen molar-refractivity contribution < 1.29 is 23.1 Å². The maximum absolute atomic E-state index is 13.3. The van der Waals surface area contributed by atoms with Crippen LogP contribution in [-0.2, 0) is 33.2 Å². The van der Waals surface area contributed by atoms with Gasteiger partial charge in [-0.25, -0.2) is 8.78 Å². The summed E-state index contributed by atoms with van der Waals surface area (Å²) in [5.74, 6) is -0.0926. The standard InChI is InChI=1S/C28H33F2N3O3/c1-20(34)13-27(33-19-31-16-26(33)35)8-9-28(32-17-27,25-6-4-3-5-7-25)18-36-21(2)24-11-22(14-29)10-23(12-24)15-30/h3-7,10-12,19,21,32H,8-9,13-18H2,1-2H3/t21-,27-,28-/m1/s1. The molecule has 0 spiro atoms. The van der Waals surface area contributed by atoms with Crippen LogP contribution in [-0.4, -0.2) is 48.2 Å². The summed E-state index contributed by atoms with van der Waals surface area (Å²) in [6.45, 7) is 2.89. The van der Waals surface area contributed by atoms with Crippen molar-refractivity contribution in [3.63, 3.8) is 0 Å². The largest absolute Gasteiger partial charge is 0.372 e. The molecular weight excluding hydrogens is 464 g/mol. The third kappa shape index (κ3) is 5.39. The second-order valence-corrected chi connectivity index (χ2v) is 9.93. The monoisotopic (exact) mass is 497 g/mol. The van der Waals surface area contributed by atoms with E-state index in [1.807, 2.05) is 37.3 Å². The Labute approximate surface area is 210 Å². The average Bonchev–Trinajstić information content (AvgIpc) is 3.34. The Morgan fingerprint density at radius 1 is 1.14 bits per heavy atom. The first kappa shape index (κ1) is 26.1. The number of carbonyl (C=O) groups is 2. The van der Waals surface area contributed by atoms with Gasteiger partial charge in [0.2, 0.25) is 5.91 Å². The number of aliphatic imine (C=N–C) groups is 1. The van der Waals surface area contributed by atoms with Crippen molar-refractivity contribution in [2.75, 3.05) is 19.7 Å². The first-order valence-electron chi connectivity index (χ1n) is 12.3. The molecule has 2 aliphatic rings. The molecule has 1 N–H and O–H groups in total. The Kier molecular flexibility index (Phi) is 7.95. The maximum Gasteiger partial charge on any atom is 0.249 e. The van der Waals surface area contributed by atoms with Crippen molar-refractivity contribution in [1.82, 2.24) is 10.2 Å². The molecule has 2 aliphatic heterocycles. The van der Waals surface area contributed by atoms with Gasteiger partial charge >= 0.3 is 0 Å². The van der Waals surface area contributed by atoms with Gasteiger partial charge in [0.25, 0.3) is 0 Å². The molecule has 4 rings (SSSR count). The lowest BCUT2D eigenvalue weighted by Crippen LogP contribution is -2.65. The number of halogens is 2. The van der Waals surface area contributed by atoms with E-state index in [1.165, 1.54) is 6.07 Å². The summed E-state index contributed by atoms with van der Waals surface area (Å²) >= 11 is 0. The van der Waals surface area contributed by atoms with Gasteiger partial charge in [0.1, 0.15) is 25.7 Å². The fraction of sp³-hybridized carbons (Fsp3) is 0.464. The van der Waals surface area contributed by atoms with Crippen LogP contribution in [0.5, 0.6) is 0 Å². The van der Waals surface area contributed by atoms with Gasteiger partial charge in [-0.2, -0.15) is 0 Å². The Morgan fingerprint density at radius 2 is 1.83 bits per heavy atom. The van der Waals surface area contributed by atoms with Crippen LogP contribution in [0.4, 0.5) is 8.78 Å². The number of rotatable bonds is 10. The molecule has 1 amide bonds. The van der Waals surface area contributed by atoms with Crippen molar-refractivity contribution in [1.29, 1.82) is 0 Å². The quantitative estimate of drug-likeness (QED) is 0.522. The summed E-state index contributed by atoms with van der Waals surface area (Å²) < 4.78 is 33.0. The second kappa shape index (κ2) is 11.0. The lowest BCUT2D eigenvalue weighted by atomic mass is 9.74. The molecule has 3 atom stereocenters. The van der Waals surface area contributed by atoms with Gasteiger partial charge in [-0.15, -0.1) is 0 Å². The van der Waals surface area contributed by atoms with Crippen molar-refractivity contribution in [2.24, 2.45) is 4.99 Å². The Hall–Kier alpha value is -2.97. The Balaban J connectivity index is 1.58. The third-order valence-corrected chi connectivity index (χ3v) is 7.31. The number of alkyl halides is 2. The summed E-state index contributed by atoms with van der Waals surface area (Å²) in [6, 6.07) is 14.9. The summed E-state index contributed by atoms with van der Waals surface area (Å²) in [4.78, 5) is 30.5. The van der Waals surface area contributed by atoms with Gasteiger partial charge in [-0.1, -0.05) is 48.5 Å². The van der Waals surface area contributed by atoms with Crippen molar-refractivity contribution in [3.8, 4) is 0 Å². The molecule has 0 aromatic heterocycles. The minimum atomic E-state index is -0.682. The predicted octanol–water partition coefficient (Wildman–Crippen LogP) is 4.57. The van der Waals surface area contributed by atoms with E-state index < -0.39 is 24.4 Å². The van der Waals surface area contributed by atoms with Crippen LogP contribution in [0.25, 0.3) is 0 Å². The van der Waals surface area contributed by atoms with Gasteiger partial charge in [0, 0.05) is 13.0 Å². The zero-order valence-corrected chi connectivity index (χ0v) is 20.8. The number of hydrogen-bond acceptors (Lipinski definition) is 5. The first-order chi connectivity index (χ1) is 17.3. The second-order valence-electron chi connectivity index (χ2n) is 9.93. The highest BCUT2D eigenvalue weighted by atomic mass is 19.1. The molecule has 192 valence electrons.